The van der Waals surface area contributed by atoms with Crippen LogP contribution in [0.2, 0.25) is 0 Å². The van der Waals surface area contributed by atoms with Gasteiger partial charge < -0.3 is 15.4 Å². The number of halogens is 4. The second kappa shape index (κ2) is 9.33. The lowest BCUT2D eigenvalue weighted by Gasteiger charge is -2.31. The van der Waals surface area contributed by atoms with Gasteiger partial charge in [0.25, 0.3) is 0 Å². The summed E-state index contributed by atoms with van der Waals surface area (Å²) in [6.45, 7) is 3.14. The van der Waals surface area contributed by atoms with Gasteiger partial charge in [-0.05, 0) is 36.5 Å². The fourth-order valence-corrected chi connectivity index (χ4v) is 2.53. The summed E-state index contributed by atoms with van der Waals surface area (Å²) in [5.74, 6) is 1.32. The van der Waals surface area contributed by atoms with E-state index in [2.05, 4.69) is 21.6 Å². The highest BCUT2D eigenvalue weighted by atomic mass is 127. The number of aliphatic imine (C=N–C) groups is 1. The van der Waals surface area contributed by atoms with Crippen LogP contribution in [0.3, 0.4) is 0 Å². The molecule has 1 aromatic rings. The van der Waals surface area contributed by atoms with Crippen molar-refractivity contribution in [1.82, 2.24) is 4.90 Å². The molecule has 1 fully saturated rings. The van der Waals surface area contributed by atoms with Crippen LogP contribution in [-0.4, -0.2) is 36.7 Å². The van der Waals surface area contributed by atoms with Crippen molar-refractivity contribution in [2.75, 3.05) is 19.7 Å². The lowest BCUT2D eigenvalue weighted by molar-refractivity contribution is -0.153. The van der Waals surface area contributed by atoms with Gasteiger partial charge in [-0.2, -0.15) is 13.2 Å². The average molecular weight is 457 g/mol. The molecule has 24 heavy (non-hydrogen) atoms. The summed E-state index contributed by atoms with van der Waals surface area (Å²) in [6.07, 6.45) is -2.01. The second-order valence-corrected chi connectivity index (χ2v) is 5.92. The molecule has 1 unspecified atom stereocenters. The number of likely N-dealkylation sites (tertiary alicyclic amines) is 1. The van der Waals surface area contributed by atoms with Gasteiger partial charge in [-0.3, -0.25) is 0 Å². The van der Waals surface area contributed by atoms with Crippen LogP contribution in [0.1, 0.15) is 25.3 Å². The number of piperidine rings is 1. The molecule has 0 spiro atoms. The molecule has 1 atom stereocenters. The zero-order valence-electron chi connectivity index (χ0n) is 13.6. The van der Waals surface area contributed by atoms with Crippen LogP contribution in [0.4, 0.5) is 13.2 Å². The van der Waals surface area contributed by atoms with Crippen LogP contribution in [0.15, 0.2) is 29.3 Å². The summed E-state index contributed by atoms with van der Waals surface area (Å²) < 4.78 is 40.9. The predicted octanol–water partition coefficient (Wildman–Crippen LogP) is 3.79. The van der Waals surface area contributed by atoms with E-state index < -0.39 is 12.8 Å². The van der Waals surface area contributed by atoms with E-state index in [0.717, 1.165) is 25.1 Å². The molecule has 2 rings (SSSR count). The number of rotatable bonds is 4. The van der Waals surface area contributed by atoms with E-state index in [-0.39, 0.29) is 29.7 Å². The highest BCUT2D eigenvalue weighted by Crippen LogP contribution is 2.19. The van der Waals surface area contributed by atoms with Crippen molar-refractivity contribution < 1.29 is 17.9 Å². The topological polar surface area (TPSA) is 50.8 Å². The Labute approximate surface area is 157 Å². The monoisotopic (exact) mass is 457 g/mol. The third-order valence-corrected chi connectivity index (χ3v) is 3.73. The highest BCUT2D eigenvalue weighted by Gasteiger charge is 2.28. The maximum absolute atomic E-state index is 12.1. The molecule has 4 nitrogen and oxygen atoms in total. The van der Waals surface area contributed by atoms with Crippen LogP contribution >= 0.6 is 24.0 Å². The SMILES string of the molecule is CC1CCCN(C(N)=NCc2ccc(OCC(F)(F)F)cc2)C1.I. The molecule has 0 amide bonds. The van der Waals surface area contributed by atoms with Crippen LogP contribution in [0.5, 0.6) is 5.75 Å². The van der Waals surface area contributed by atoms with Gasteiger partial charge in [-0.25, -0.2) is 4.99 Å². The first kappa shape index (κ1) is 20.9. The molecule has 1 heterocycles. The Balaban J connectivity index is 0.00000288. The van der Waals surface area contributed by atoms with Crippen molar-refractivity contribution in [2.45, 2.75) is 32.5 Å². The van der Waals surface area contributed by atoms with Crippen molar-refractivity contribution in [3.8, 4) is 5.75 Å². The number of guanidine groups is 1. The Hall–Kier alpha value is -1.19. The highest BCUT2D eigenvalue weighted by molar-refractivity contribution is 14.0. The lowest BCUT2D eigenvalue weighted by atomic mass is 10.0. The minimum Gasteiger partial charge on any atom is -0.484 e. The van der Waals surface area contributed by atoms with E-state index in [0.29, 0.717) is 18.4 Å². The zero-order chi connectivity index (χ0) is 16.9. The fourth-order valence-electron chi connectivity index (χ4n) is 2.53. The van der Waals surface area contributed by atoms with Crippen LogP contribution < -0.4 is 10.5 Å². The zero-order valence-corrected chi connectivity index (χ0v) is 15.9. The number of alkyl halides is 3. The first-order valence-corrected chi connectivity index (χ1v) is 7.67. The van der Waals surface area contributed by atoms with Crippen molar-refractivity contribution in [1.29, 1.82) is 0 Å². The summed E-state index contributed by atoms with van der Waals surface area (Å²) in [5, 5.41) is 0. The fraction of sp³-hybridized carbons (Fsp3) is 0.562. The van der Waals surface area contributed by atoms with E-state index in [4.69, 9.17) is 5.73 Å². The van der Waals surface area contributed by atoms with Gasteiger partial charge in [0.05, 0.1) is 6.54 Å². The van der Waals surface area contributed by atoms with Crippen molar-refractivity contribution in [3.05, 3.63) is 29.8 Å². The van der Waals surface area contributed by atoms with Crippen LogP contribution in [0.25, 0.3) is 0 Å². The molecule has 0 bridgehead atoms. The molecule has 136 valence electrons. The Morgan fingerprint density at radius 3 is 2.58 bits per heavy atom. The average Bonchev–Trinajstić information content (AvgIpc) is 2.51. The quantitative estimate of drug-likeness (QED) is 0.426. The number of benzene rings is 1. The molecular formula is C16H23F3IN3O. The van der Waals surface area contributed by atoms with E-state index in [1.807, 2.05) is 0 Å². The van der Waals surface area contributed by atoms with E-state index in [1.54, 1.807) is 12.1 Å². The minimum atomic E-state index is -4.33. The molecule has 0 radical (unpaired) electrons. The van der Waals surface area contributed by atoms with Crippen molar-refractivity contribution >= 4 is 29.9 Å². The standard InChI is InChI=1S/C16H22F3N3O.HI/c1-12-3-2-8-22(10-12)15(20)21-9-13-4-6-14(7-5-13)23-11-16(17,18)19;/h4-7,12H,2-3,8-11H2,1H3,(H2,20,21);1H. The number of nitrogens with two attached hydrogens (primary N) is 1. The number of ether oxygens (including phenoxy) is 1. The molecule has 1 saturated heterocycles. The van der Waals surface area contributed by atoms with Gasteiger partial charge in [0, 0.05) is 13.1 Å². The number of hydrogen-bond donors (Lipinski definition) is 1. The van der Waals surface area contributed by atoms with Crippen molar-refractivity contribution in [3.63, 3.8) is 0 Å². The van der Waals surface area contributed by atoms with Gasteiger partial charge in [0.1, 0.15) is 5.75 Å². The van der Waals surface area contributed by atoms with E-state index in [1.165, 1.54) is 18.6 Å². The summed E-state index contributed by atoms with van der Waals surface area (Å²) in [6, 6.07) is 6.41. The number of hydrogen-bond acceptors (Lipinski definition) is 2. The normalized spacial score (nSPS) is 18.9. The molecular weight excluding hydrogens is 434 g/mol. The van der Waals surface area contributed by atoms with Gasteiger partial charge >= 0.3 is 6.18 Å². The molecule has 2 N–H and O–H groups in total. The summed E-state index contributed by atoms with van der Waals surface area (Å²) in [5.41, 5.74) is 6.88. The van der Waals surface area contributed by atoms with Crippen LogP contribution in [-0.2, 0) is 6.54 Å². The Morgan fingerprint density at radius 1 is 1.33 bits per heavy atom. The molecule has 1 aliphatic heterocycles. The molecule has 1 aromatic carbocycles. The lowest BCUT2D eigenvalue weighted by Crippen LogP contribution is -2.43. The smallest absolute Gasteiger partial charge is 0.422 e. The summed E-state index contributed by atoms with van der Waals surface area (Å²) in [4.78, 5) is 6.45. The molecule has 0 aromatic heterocycles. The largest absolute Gasteiger partial charge is 0.484 e. The molecule has 0 aliphatic carbocycles. The third kappa shape index (κ3) is 7.14. The summed E-state index contributed by atoms with van der Waals surface area (Å²) in [7, 11) is 0. The number of nitrogens with zero attached hydrogens (tertiary/aromatic N) is 2. The van der Waals surface area contributed by atoms with Crippen LogP contribution in [0, 0.1) is 5.92 Å². The second-order valence-electron chi connectivity index (χ2n) is 5.92. The Morgan fingerprint density at radius 2 is 2.00 bits per heavy atom. The van der Waals surface area contributed by atoms with Gasteiger partial charge in [-0.15, -0.1) is 24.0 Å². The predicted molar refractivity (Wildman–Crippen MR) is 98.7 cm³/mol. The van der Waals surface area contributed by atoms with Gasteiger partial charge in [0.15, 0.2) is 12.6 Å². The summed E-state index contributed by atoms with van der Waals surface area (Å²) >= 11 is 0. The van der Waals surface area contributed by atoms with E-state index >= 15 is 0 Å². The maximum Gasteiger partial charge on any atom is 0.422 e. The van der Waals surface area contributed by atoms with E-state index in [9.17, 15) is 13.2 Å². The molecule has 0 saturated carbocycles. The van der Waals surface area contributed by atoms with Gasteiger partial charge in [0.2, 0.25) is 0 Å². The minimum absolute atomic E-state index is 0. The molecule has 1 aliphatic rings. The maximum atomic E-state index is 12.1. The first-order chi connectivity index (χ1) is 10.8. The third-order valence-electron chi connectivity index (χ3n) is 3.73. The Kier molecular flexibility index (Phi) is 8.11. The molecule has 8 heteroatoms. The van der Waals surface area contributed by atoms with Crippen molar-refractivity contribution in [2.24, 2.45) is 16.6 Å². The first-order valence-electron chi connectivity index (χ1n) is 7.67. The van der Waals surface area contributed by atoms with Gasteiger partial charge in [-0.1, -0.05) is 19.1 Å². The Bertz CT molecular complexity index is 534.